The van der Waals surface area contributed by atoms with Crippen molar-refractivity contribution in [1.82, 2.24) is 0 Å². The Morgan fingerprint density at radius 1 is 1.27 bits per heavy atom. The van der Waals surface area contributed by atoms with Crippen molar-refractivity contribution in [1.29, 1.82) is 0 Å². The van der Waals surface area contributed by atoms with Crippen LogP contribution in [0.2, 0.25) is 0 Å². The number of nitroso groups, excluding NO2 is 1. The number of hydrogen-bond donors (Lipinski definition) is 0. The van der Waals surface area contributed by atoms with Gasteiger partial charge in [-0.1, -0.05) is 36.9 Å². The van der Waals surface area contributed by atoms with Gasteiger partial charge in [-0.05, 0) is 34.5 Å². The first kappa shape index (κ1) is 9.59. The SMILES string of the molecule is C=C(N=O)c1ccc2cccc(C)c2c1. The van der Waals surface area contributed by atoms with Crippen molar-refractivity contribution < 1.29 is 0 Å². The molecule has 2 rings (SSSR count). The van der Waals surface area contributed by atoms with Gasteiger partial charge in [-0.2, -0.15) is 0 Å². The van der Waals surface area contributed by atoms with Crippen molar-refractivity contribution >= 4 is 16.5 Å². The van der Waals surface area contributed by atoms with E-state index in [-0.39, 0.29) is 5.70 Å². The molecule has 15 heavy (non-hydrogen) atoms. The Labute approximate surface area is 88.2 Å². The fourth-order valence-corrected chi connectivity index (χ4v) is 1.66. The van der Waals surface area contributed by atoms with E-state index in [0.717, 1.165) is 16.3 Å². The standard InChI is InChI=1S/C13H11NO/c1-9-4-3-5-11-6-7-12(8-13(9)11)10(2)14-15/h3-8H,2H2,1H3. The number of rotatable bonds is 2. The number of fused-ring (bicyclic) bond motifs is 1. The summed E-state index contributed by atoms with van der Waals surface area (Å²) in [6.45, 7) is 5.65. The van der Waals surface area contributed by atoms with Crippen LogP contribution in [0.4, 0.5) is 0 Å². The molecule has 0 saturated carbocycles. The molecule has 2 aromatic rings. The van der Waals surface area contributed by atoms with Crippen molar-refractivity contribution in [3.63, 3.8) is 0 Å². The molecule has 0 saturated heterocycles. The van der Waals surface area contributed by atoms with Crippen LogP contribution >= 0.6 is 0 Å². The lowest BCUT2D eigenvalue weighted by molar-refractivity contribution is 1.49. The normalized spacial score (nSPS) is 10.2. The molecule has 0 N–H and O–H groups in total. The third-order valence-electron chi connectivity index (χ3n) is 2.54. The van der Waals surface area contributed by atoms with Crippen LogP contribution in [0.1, 0.15) is 11.1 Å². The van der Waals surface area contributed by atoms with Crippen molar-refractivity contribution in [3.05, 3.63) is 59.0 Å². The second-order valence-electron chi connectivity index (χ2n) is 3.55. The minimum Gasteiger partial charge on any atom is -0.145 e. The van der Waals surface area contributed by atoms with Crippen molar-refractivity contribution in [2.45, 2.75) is 6.92 Å². The molecule has 0 spiro atoms. The monoisotopic (exact) mass is 197 g/mol. The van der Waals surface area contributed by atoms with Crippen molar-refractivity contribution in [3.8, 4) is 0 Å². The zero-order chi connectivity index (χ0) is 10.8. The molecule has 0 amide bonds. The lowest BCUT2D eigenvalue weighted by atomic mass is 10.0. The lowest BCUT2D eigenvalue weighted by Gasteiger charge is -2.04. The first-order valence-corrected chi connectivity index (χ1v) is 4.74. The third-order valence-corrected chi connectivity index (χ3v) is 2.54. The second kappa shape index (κ2) is 3.65. The van der Waals surface area contributed by atoms with E-state index in [0.29, 0.717) is 0 Å². The van der Waals surface area contributed by atoms with E-state index in [2.05, 4.69) is 11.8 Å². The van der Waals surface area contributed by atoms with Gasteiger partial charge in [-0.15, -0.1) is 4.91 Å². The number of benzene rings is 2. The molecule has 0 fully saturated rings. The topological polar surface area (TPSA) is 29.4 Å². The van der Waals surface area contributed by atoms with Crippen LogP contribution in [0.25, 0.3) is 16.5 Å². The zero-order valence-electron chi connectivity index (χ0n) is 8.53. The molecule has 0 radical (unpaired) electrons. The number of nitrogens with zero attached hydrogens (tertiary/aromatic N) is 1. The summed E-state index contributed by atoms with van der Waals surface area (Å²) < 4.78 is 0. The quantitative estimate of drug-likeness (QED) is 0.671. The average molecular weight is 197 g/mol. The van der Waals surface area contributed by atoms with E-state index in [1.165, 1.54) is 5.56 Å². The molecule has 0 aliphatic carbocycles. The highest BCUT2D eigenvalue weighted by Crippen LogP contribution is 2.23. The van der Waals surface area contributed by atoms with E-state index in [1.54, 1.807) is 0 Å². The first-order valence-electron chi connectivity index (χ1n) is 4.74. The maximum absolute atomic E-state index is 10.4. The van der Waals surface area contributed by atoms with E-state index >= 15 is 0 Å². The fourth-order valence-electron chi connectivity index (χ4n) is 1.66. The van der Waals surface area contributed by atoms with Crippen LogP contribution in [0, 0.1) is 11.8 Å². The van der Waals surface area contributed by atoms with Crippen LogP contribution in [-0.4, -0.2) is 0 Å². The highest BCUT2D eigenvalue weighted by Gasteiger charge is 2.01. The summed E-state index contributed by atoms with van der Waals surface area (Å²) >= 11 is 0. The van der Waals surface area contributed by atoms with Crippen molar-refractivity contribution in [2.24, 2.45) is 5.18 Å². The van der Waals surface area contributed by atoms with Gasteiger partial charge in [0, 0.05) is 5.56 Å². The largest absolute Gasteiger partial charge is 0.145 e. The maximum atomic E-state index is 10.4. The van der Waals surface area contributed by atoms with Crippen molar-refractivity contribution in [2.75, 3.05) is 0 Å². The number of aryl methyl sites for hydroxylation is 1. The van der Waals surface area contributed by atoms with Crippen LogP contribution in [-0.2, 0) is 0 Å². The van der Waals surface area contributed by atoms with E-state index in [1.807, 2.05) is 43.3 Å². The molecule has 0 heterocycles. The maximum Gasteiger partial charge on any atom is 0.108 e. The second-order valence-corrected chi connectivity index (χ2v) is 3.55. The Bertz CT molecular complexity index is 543. The highest BCUT2D eigenvalue weighted by atomic mass is 16.3. The van der Waals surface area contributed by atoms with Gasteiger partial charge < -0.3 is 0 Å². The lowest BCUT2D eigenvalue weighted by Crippen LogP contribution is -1.82. The molecule has 74 valence electrons. The summed E-state index contributed by atoms with van der Waals surface area (Å²) in [6.07, 6.45) is 0. The summed E-state index contributed by atoms with van der Waals surface area (Å²) in [4.78, 5) is 10.4. The van der Waals surface area contributed by atoms with Gasteiger partial charge in [0.25, 0.3) is 0 Å². The van der Waals surface area contributed by atoms with Crippen LogP contribution in [0.5, 0.6) is 0 Å². The molecule has 0 unspecified atom stereocenters. The molecule has 2 aromatic carbocycles. The summed E-state index contributed by atoms with van der Waals surface area (Å²) in [5, 5.41) is 5.15. The van der Waals surface area contributed by atoms with Crippen LogP contribution < -0.4 is 0 Å². The first-order chi connectivity index (χ1) is 7.22. The molecular formula is C13H11NO. The fraction of sp³-hybridized carbons (Fsp3) is 0.0769. The highest BCUT2D eigenvalue weighted by molar-refractivity contribution is 5.88. The third kappa shape index (κ3) is 1.66. The molecule has 0 aromatic heterocycles. The summed E-state index contributed by atoms with van der Waals surface area (Å²) in [7, 11) is 0. The Morgan fingerprint density at radius 3 is 2.80 bits per heavy atom. The number of hydrogen-bond acceptors (Lipinski definition) is 2. The smallest absolute Gasteiger partial charge is 0.108 e. The zero-order valence-corrected chi connectivity index (χ0v) is 8.53. The predicted octanol–water partition coefficient (Wildman–Crippen LogP) is 3.89. The van der Waals surface area contributed by atoms with Gasteiger partial charge >= 0.3 is 0 Å². The summed E-state index contributed by atoms with van der Waals surface area (Å²) in [5.74, 6) is 0. The molecule has 0 bridgehead atoms. The molecule has 2 heteroatoms. The van der Waals surface area contributed by atoms with Crippen LogP contribution in [0.15, 0.2) is 48.2 Å². The average Bonchev–Trinajstić information content (AvgIpc) is 2.28. The minimum absolute atomic E-state index is 0.278. The van der Waals surface area contributed by atoms with E-state index in [4.69, 9.17) is 0 Å². The summed E-state index contributed by atoms with van der Waals surface area (Å²) in [6, 6.07) is 11.9. The van der Waals surface area contributed by atoms with Gasteiger partial charge in [0.2, 0.25) is 0 Å². The Hall–Kier alpha value is -1.96. The molecule has 0 aliphatic rings. The minimum atomic E-state index is 0.278. The summed E-state index contributed by atoms with van der Waals surface area (Å²) in [5.41, 5.74) is 2.25. The van der Waals surface area contributed by atoms with E-state index in [9.17, 15) is 4.91 Å². The molecule has 0 aliphatic heterocycles. The molecular weight excluding hydrogens is 186 g/mol. The Morgan fingerprint density at radius 2 is 2.07 bits per heavy atom. The van der Waals surface area contributed by atoms with Gasteiger partial charge in [0.15, 0.2) is 0 Å². The van der Waals surface area contributed by atoms with Gasteiger partial charge in [0.1, 0.15) is 5.70 Å². The Balaban J connectivity index is 2.69. The van der Waals surface area contributed by atoms with E-state index < -0.39 is 0 Å². The molecule has 2 nitrogen and oxygen atoms in total. The predicted molar refractivity (Wildman–Crippen MR) is 63.5 cm³/mol. The van der Waals surface area contributed by atoms with Gasteiger partial charge in [0.05, 0.1) is 0 Å². The van der Waals surface area contributed by atoms with Gasteiger partial charge in [-0.3, -0.25) is 0 Å². The van der Waals surface area contributed by atoms with Crippen LogP contribution in [0.3, 0.4) is 0 Å². The molecule has 0 atom stereocenters. The Kier molecular flexibility index (Phi) is 2.34. The van der Waals surface area contributed by atoms with Gasteiger partial charge in [-0.25, -0.2) is 0 Å².